The Morgan fingerprint density at radius 3 is 2.11 bits per heavy atom. The molecule has 0 amide bonds. The lowest BCUT2D eigenvalue weighted by Crippen LogP contribution is -2.07. The summed E-state index contributed by atoms with van der Waals surface area (Å²) in [6, 6.07) is 9.18. The molecule has 0 aliphatic carbocycles. The molecule has 0 saturated heterocycles. The number of nitriles is 1. The number of rotatable bonds is 2. The highest BCUT2D eigenvalue weighted by Gasteiger charge is 2.22. The molecule has 0 saturated carbocycles. The second kappa shape index (κ2) is 5.56. The van der Waals surface area contributed by atoms with E-state index in [-0.39, 0.29) is 0 Å². The molecule has 5 heteroatoms. The molecule has 2 rings (SSSR count). The first-order chi connectivity index (χ1) is 9.02. The molecule has 19 heavy (non-hydrogen) atoms. The molecular weight excluding hydrogens is 281 g/mol. The van der Waals surface area contributed by atoms with Crippen molar-refractivity contribution >= 4 is 23.2 Å². The third-order valence-corrected chi connectivity index (χ3v) is 3.33. The molecule has 0 radical (unpaired) electrons. The van der Waals surface area contributed by atoms with Crippen molar-refractivity contribution in [2.45, 2.75) is 19.8 Å². The van der Waals surface area contributed by atoms with E-state index in [1.807, 2.05) is 19.9 Å². The Hall–Kier alpha value is -1.63. The van der Waals surface area contributed by atoms with Crippen molar-refractivity contribution < 1.29 is 0 Å². The second-order valence-corrected chi connectivity index (χ2v) is 5.02. The molecule has 0 spiro atoms. The van der Waals surface area contributed by atoms with Gasteiger partial charge in [-0.05, 0) is 32.0 Å². The summed E-state index contributed by atoms with van der Waals surface area (Å²) >= 11 is 12.3. The zero-order chi connectivity index (χ0) is 14.0. The van der Waals surface area contributed by atoms with Crippen molar-refractivity contribution in [3.05, 3.63) is 57.1 Å². The summed E-state index contributed by atoms with van der Waals surface area (Å²) in [5, 5.41) is 10.3. The quantitative estimate of drug-likeness (QED) is 0.838. The van der Waals surface area contributed by atoms with Crippen molar-refractivity contribution in [2.75, 3.05) is 0 Å². The number of nitrogens with zero attached hydrogens (tertiary/aromatic N) is 3. The average molecular weight is 292 g/mol. The smallest absolute Gasteiger partial charge is 0.150 e. The van der Waals surface area contributed by atoms with Crippen LogP contribution in [0.1, 0.15) is 28.7 Å². The molecule has 0 bridgehead atoms. The molecule has 0 fully saturated rings. The maximum atomic E-state index is 9.42. The molecule has 1 unspecified atom stereocenters. The van der Waals surface area contributed by atoms with E-state index in [4.69, 9.17) is 23.2 Å². The fourth-order valence-corrected chi connectivity index (χ4v) is 2.54. The molecule has 3 nitrogen and oxygen atoms in total. The Balaban J connectivity index is 2.60. The molecule has 1 aromatic heterocycles. The number of hydrogen-bond donors (Lipinski definition) is 0. The predicted molar refractivity (Wildman–Crippen MR) is 75.4 cm³/mol. The highest BCUT2D eigenvalue weighted by molar-refractivity contribution is 6.36. The second-order valence-electron chi connectivity index (χ2n) is 4.21. The summed E-state index contributed by atoms with van der Waals surface area (Å²) in [7, 11) is 0. The van der Waals surface area contributed by atoms with Gasteiger partial charge in [-0.15, -0.1) is 0 Å². The van der Waals surface area contributed by atoms with Crippen LogP contribution < -0.4 is 0 Å². The summed E-state index contributed by atoms with van der Waals surface area (Å²) in [5.74, 6) is -0.241. The van der Waals surface area contributed by atoms with E-state index in [1.165, 1.54) is 0 Å². The number of benzene rings is 1. The van der Waals surface area contributed by atoms with Gasteiger partial charge in [-0.1, -0.05) is 29.3 Å². The normalized spacial score (nSPS) is 11.9. The van der Waals surface area contributed by atoms with Gasteiger partial charge in [-0.2, -0.15) is 5.26 Å². The Labute approximate surface area is 121 Å². The van der Waals surface area contributed by atoms with Gasteiger partial charge in [-0.3, -0.25) is 0 Å². The number of halogens is 2. The van der Waals surface area contributed by atoms with Gasteiger partial charge >= 0.3 is 0 Å². The van der Waals surface area contributed by atoms with Gasteiger partial charge in [0.05, 0.1) is 6.07 Å². The van der Waals surface area contributed by atoms with Gasteiger partial charge in [0.25, 0.3) is 0 Å². The van der Waals surface area contributed by atoms with Crippen LogP contribution in [-0.4, -0.2) is 9.97 Å². The predicted octanol–water partition coefficient (Wildman–Crippen LogP) is 4.06. The Bertz CT molecular complexity index is 622. The molecular formula is C14H11Cl2N3. The molecule has 96 valence electrons. The Morgan fingerprint density at radius 2 is 1.63 bits per heavy atom. The van der Waals surface area contributed by atoms with E-state index in [1.54, 1.807) is 18.2 Å². The lowest BCUT2D eigenvalue weighted by molar-refractivity contribution is 0.859. The minimum Gasteiger partial charge on any atom is -0.236 e. The summed E-state index contributed by atoms with van der Waals surface area (Å²) in [5.41, 5.74) is 2.18. The molecule has 1 aromatic carbocycles. The first-order valence-corrected chi connectivity index (χ1v) is 6.44. The zero-order valence-electron chi connectivity index (χ0n) is 10.5. The zero-order valence-corrected chi connectivity index (χ0v) is 12.0. The van der Waals surface area contributed by atoms with Crippen LogP contribution in [0, 0.1) is 25.2 Å². The van der Waals surface area contributed by atoms with Crippen molar-refractivity contribution in [3.8, 4) is 6.07 Å². The van der Waals surface area contributed by atoms with Gasteiger partial charge in [0.2, 0.25) is 0 Å². The van der Waals surface area contributed by atoms with Crippen LogP contribution in [0.5, 0.6) is 0 Å². The van der Waals surface area contributed by atoms with Crippen LogP contribution in [-0.2, 0) is 0 Å². The monoisotopic (exact) mass is 291 g/mol. The fourth-order valence-electron chi connectivity index (χ4n) is 1.92. The topological polar surface area (TPSA) is 49.6 Å². The van der Waals surface area contributed by atoms with Crippen LogP contribution in [0.25, 0.3) is 0 Å². The molecule has 0 aliphatic rings. The minimum absolute atomic E-state index is 0.426. The van der Waals surface area contributed by atoms with Gasteiger partial charge in [0, 0.05) is 27.0 Å². The SMILES string of the molecule is Cc1cc(C)nc(C(C#N)c2c(Cl)cccc2Cl)n1. The summed E-state index contributed by atoms with van der Waals surface area (Å²) in [6.45, 7) is 3.72. The van der Waals surface area contributed by atoms with Crippen LogP contribution in [0.3, 0.4) is 0 Å². The van der Waals surface area contributed by atoms with Gasteiger partial charge in [-0.25, -0.2) is 9.97 Å². The van der Waals surface area contributed by atoms with E-state index in [2.05, 4.69) is 16.0 Å². The highest BCUT2D eigenvalue weighted by Crippen LogP contribution is 2.34. The van der Waals surface area contributed by atoms with Crippen LogP contribution >= 0.6 is 23.2 Å². The van der Waals surface area contributed by atoms with E-state index in [0.717, 1.165) is 11.4 Å². The van der Waals surface area contributed by atoms with Gasteiger partial charge in [0.1, 0.15) is 5.92 Å². The lowest BCUT2D eigenvalue weighted by Gasteiger charge is -2.13. The molecule has 1 heterocycles. The van der Waals surface area contributed by atoms with Crippen molar-refractivity contribution in [1.82, 2.24) is 9.97 Å². The average Bonchev–Trinajstić information content (AvgIpc) is 2.32. The standard InChI is InChI=1S/C14H11Cl2N3/c1-8-6-9(2)19-14(18-8)10(7-17)13-11(15)4-3-5-12(13)16/h3-6,10H,1-2H3. The minimum atomic E-state index is -0.667. The fraction of sp³-hybridized carbons (Fsp3) is 0.214. The lowest BCUT2D eigenvalue weighted by atomic mass is 9.99. The van der Waals surface area contributed by atoms with E-state index >= 15 is 0 Å². The van der Waals surface area contributed by atoms with Gasteiger partial charge in [0.15, 0.2) is 5.82 Å². The van der Waals surface area contributed by atoms with Crippen LogP contribution in [0.15, 0.2) is 24.3 Å². The molecule has 0 N–H and O–H groups in total. The summed E-state index contributed by atoms with van der Waals surface area (Å²) in [4.78, 5) is 8.63. The Kier molecular flexibility index (Phi) is 4.04. The Morgan fingerprint density at radius 1 is 1.11 bits per heavy atom. The summed E-state index contributed by atoms with van der Waals surface area (Å²) in [6.07, 6.45) is 0. The van der Waals surface area contributed by atoms with Crippen molar-refractivity contribution in [3.63, 3.8) is 0 Å². The number of aryl methyl sites for hydroxylation is 2. The van der Waals surface area contributed by atoms with E-state index in [0.29, 0.717) is 21.4 Å². The van der Waals surface area contributed by atoms with Crippen molar-refractivity contribution in [1.29, 1.82) is 5.26 Å². The summed E-state index contributed by atoms with van der Waals surface area (Å²) < 4.78 is 0. The van der Waals surface area contributed by atoms with Gasteiger partial charge < -0.3 is 0 Å². The van der Waals surface area contributed by atoms with E-state index < -0.39 is 5.92 Å². The van der Waals surface area contributed by atoms with Crippen LogP contribution in [0.4, 0.5) is 0 Å². The molecule has 1 atom stereocenters. The maximum Gasteiger partial charge on any atom is 0.150 e. The maximum absolute atomic E-state index is 9.42. The third-order valence-electron chi connectivity index (χ3n) is 2.68. The van der Waals surface area contributed by atoms with E-state index in [9.17, 15) is 5.26 Å². The molecule has 0 aliphatic heterocycles. The van der Waals surface area contributed by atoms with Crippen LogP contribution in [0.2, 0.25) is 10.0 Å². The van der Waals surface area contributed by atoms with Crippen molar-refractivity contribution in [2.24, 2.45) is 0 Å². The highest BCUT2D eigenvalue weighted by atomic mass is 35.5. The first-order valence-electron chi connectivity index (χ1n) is 5.68. The third kappa shape index (κ3) is 2.86. The first kappa shape index (κ1) is 13.8. The number of aromatic nitrogens is 2. The largest absolute Gasteiger partial charge is 0.236 e. The number of hydrogen-bond acceptors (Lipinski definition) is 3. The molecule has 2 aromatic rings.